The van der Waals surface area contributed by atoms with Crippen LogP contribution in [0.2, 0.25) is 0 Å². The summed E-state index contributed by atoms with van der Waals surface area (Å²) in [6.45, 7) is 0.347. The molecule has 3 rings (SSSR count). The van der Waals surface area contributed by atoms with E-state index in [0.29, 0.717) is 24.1 Å². The Bertz CT molecular complexity index is 939. The topological polar surface area (TPSA) is 73.1 Å². The molecule has 0 aliphatic carbocycles. The van der Waals surface area contributed by atoms with Crippen molar-refractivity contribution in [3.63, 3.8) is 0 Å². The normalized spacial score (nSPS) is 11.7. The fraction of sp³-hybridized carbons (Fsp3) is 0.143. The molecule has 124 valence electrons. The van der Waals surface area contributed by atoms with Crippen molar-refractivity contribution < 1.29 is 9.90 Å². The maximum absolute atomic E-state index is 12.1. The number of hydrogen-bond acceptors (Lipinski definition) is 3. The summed E-state index contributed by atoms with van der Waals surface area (Å²) in [5.41, 5.74) is 1.75. The van der Waals surface area contributed by atoms with E-state index in [2.05, 4.69) is 5.32 Å². The van der Waals surface area contributed by atoms with Crippen LogP contribution in [0.5, 0.6) is 0 Å². The second kappa shape index (κ2) is 7.61. The van der Waals surface area contributed by atoms with E-state index in [9.17, 15) is 9.90 Å². The molecule has 1 amide bonds. The third-order valence-corrected chi connectivity index (χ3v) is 4.14. The molecule has 1 atom stereocenters. The Morgan fingerprint density at radius 3 is 2.68 bits per heavy atom. The van der Waals surface area contributed by atoms with E-state index in [0.717, 1.165) is 16.3 Å². The van der Waals surface area contributed by atoms with Crippen LogP contribution in [0.15, 0.2) is 66.7 Å². The van der Waals surface area contributed by atoms with Crippen LogP contribution in [0, 0.1) is 11.3 Å². The van der Waals surface area contributed by atoms with Gasteiger partial charge in [0.2, 0.25) is 0 Å². The van der Waals surface area contributed by atoms with Crippen molar-refractivity contribution in [1.29, 1.82) is 5.26 Å². The van der Waals surface area contributed by atoms with E-state index in [1.165, 1.54) is 0 Å². The molecule has 4 nitrogen and oxygen atoms in total. The van der Waals surface area contributed by atoms with Crippen LogP contribution in [0.4, 0.5) is 0 Å². The van der Waals surface area contributed by atoms with Crippen LogP contribution in [-0.4, -0.2) is 17.6 Å². The zero-order valence-corrected chi connectivity index (χ0v) is 13.6. The van der Waals surface area contributed by atoms with Crippen LogP contribution < -0.4 is 5.32 Å². The minimum Gasteiger partial charge on any atom is -0.388 e. The maximum atomic E-state index is 12.1. The van der Waals surface area contributed by atoms with Gasteiger partial charge in [-0.15, -0.1) is 0 Å². The van der Waals surface area contributed by atoms with Crippen molar-refractivity contribution >= 4 is 16.7 Å². The largest absolute Gasteiger partial charge is 0.388 e. The van der Waals surface area contributed by atoms with Crippen molar-refractivity contribution in [2.45, 2.75) is 12.5 Å². The molecular weight excluding hydrogens is 312 g/mol. The zero-order chi connectivity index (χ0) is 17.6. The van der Waals surface area contributed by atoms with E-state index in [4.69, 9.17) is 5.26 Å². The third kappa shape index (κ3) is 3.85. The van der Waals surface area contributed by atoms with Crippen LogP contribution in [0.3, 0.4) is 0 Å². The minimum atomic E-state index is -0.656. The fourth-order valence-corrected chi connectivity index (χ4v) is 2.85. The van der Waals surface area contributed by atoms with Crippen molar-refractivity contribution in [2.24, 2.45) is 0 Å². The highest BCUT2D eigenvalue weighted by Gasteiger charge is 2.12. The summed E-state index contributed by atoms with van der Waals surface area (Å²) >= 11 is 0. The SMILES string of the molecule is N#Cc1cccc(C(=O)NCC[C@H](O)c2cccc3ccccc23)c1. The number of benzene rings is 3. The Kier molecular flexibility index (Phi) is 5.08. The molecule has 0 aliphatic rings. The van der Waals surface area contributed by atoms with Gasteiger partial charge in [0.05, 0.1) is 17.7 Å². The number of hydrogen-bond donors (Lipinski definition) is 2. The minimum absolute atomic E-state index is 0.248. The van der Waals surface area contributed by atoms with Gasteiger partial charge < -0.3 is 10.4 Å². The number of aliphatic hydroxyl groups is 1. The molecule has 2 N–H and O–H groups in total. The van der Waals surface area contributed by atoms with Gasteiger partial charge in [0.15, 0.2) is 0 Å². The van der Waals surface area contributed by atoms with Gasteiger partial charge in [-0.1, -0.05) is 48.5 Å². The number of carbonyl (C=O) groups excluding carboxylic acids is 1. The molecule has 0 heterocycles. The zero-order valence-electron chi connectivity index (χ0n) is 13.6. The van der Waals surface area contributed by atoms with Crippen molar-refractivity contribution in [1.82, 2.24) is 5.32 Å². The van der Waals surface area contributed by atoms with Crippen molar-refractivity contribution in [3.05, 3.63) is 83.4 Å². The van der Waals surface area contributed by atoms with Crippen LogP contribution >= 0.6 is 0 Å². The molecule has 0 radical (unpaired) electrons. The Morgan fingerprint density at radius 1 is 1.08 bits per heavy atom. The summed E-state index contributed by atoms with van der Waals surface area (Å²) in [6.07, 6.45) is -0.241. The number of nitrogens with one attached hydrogen (secondary N) is 1. The molecule has 4 heteroatoms. The lowest BCUT2D eigenvalue weighted by Gasteiger charge is -2.14. The predicted octanol–water partition coefficient (Wildman–Crippen LogP) is 3.56. The van der Waals surface area contributed by atoms with Gasteiger partial charge in [-0.05, 0) is 41.0 Å². The summed E-state index contributed by atoms with van der Waals surface area (Å²) in [7, 11) is 0. The highest BCUT2D eigenvalue weighted by Crippen LogP contribution is 2.25. The summed E-state index contributed by atoms with van der Waals surface area (Å²) in [6, 6.07) is 22.3. The summed E-state index contributed by atoms with van der Waals surface area (Å²) < 4.78 is 0. The van der Waals surface area contributed by atoms with Gasteiger partial charge in [0.1, 0.15) is 0 Å². The third-order valence-electron chi connectivity index (χ3n) is 4.14. The Hall–Kier alpha value is -3.16. The summed E-state index contributed by atoms with van der Waals surface area (Å²) in [5, 5.41) is 24.3. The lowest BCUT2D eigenvalue weighted by Crippen LogP contribution is -2.25. The van der Waals surface area contributed by atoms with Gasteiger partial charge >= 0.3 is 0 Å². The van der Waals surface area contributed by atoms with Gasteiger partial charge in [-0.3, -0.25) is 4.79 Å². The number of nitriles is 1. The number of rotatable bonds is 5. The number of nitrogens with zero attached hydrogens (tertiary/aromatic N) is 1. The number of aliphatic hydroxyl groups excluding tert-OH is 1. The molecule has 25 heavy (non-hydrogen) atoms. The molecule has 0 saturated heterocycles. The standard InChI is InChI=1S/C21H18N2O2/c22-14-15-5-3-8-17(13-15)21(25)23-12-11-20(24)19-10-4-7-16-6-1-2-9-18(16)19/h1-10,13,20,24H,11-12H2,(H,23,25)/t20-/m0/s1. The van der Waals surface area contributed by atoms with E-state index < -0.39 is 6.10 Å². The number of carbonyl (C=O) groups is 1. The first-order valence-electron chi connectivity index (χ1n) is 8.13. The summed E-state index contributed by atoms with van der Waals surface area (Å²) in [5.74, 6) is -0.248. The molecule has 0 unspecified atom stereocenters. The Morgan fingerprint density at radius 2 is 1.84 bits per heavy atom. The second-order valence-electron chi connectivity index (χ2n) is 5.82. The highest BCUT2D eigenvalue weighted by atomic mass is 16.3. The molecule has 3 aromatic rings. The number of fused-ring (bicyclic) bond motifs is 1. The number of amides is 1. The predicted molar refractivity (Wildman–Crippen MR) is 97.0 cm³/mol. The quantitative estimate of drug-likeness (QED) is 0.751. The van der Waals surface area contributed by atoms with E-state index in [-0.39, 0.29) is 5.91 Å². The summed E-state index contributed by atoms with van der Waals surface area (Å²) in [4.78, 5) is 12.1. The van der Waals surface area contributed by atoms with Gasteiger partial charge in [-0.2, -0.15) is 5.26 Å². The smallest absolute Gasteiger partial charge is 0.251 e. The van der Waals surface area contributed by atoms with Crippen LogP contribution in [-0.2, 0) is 0 Å². The molecule has 0 bridgehead atoms. The fourth-order valence-electron chi connectivity index (χ4n) is 2.85. The molecule has 0 aliphatic heterocycles. The van der Waals surface area contributed by atoms with Crippen molar-refractivity contribution in [3.8, 4) is 6.07 Å². The highest BCUT2D eigenvalue weighted by molar-refractivity contribution is 5.94. The molecule has 0 fully saturated rings. The lowest BCUT2D eigenvalue weighted by atomic mass is 9.99. The average molecular weight is 330 g/mol. The molecule has 0 saturated carbocycles. The second-order valence-corrected chi connectivity index (χ2v) is 5.82. The first-order valence-corrected chi connectivity index (χ1v) is 8.13. The van der Waals surface area contributed by atoms with Crippen molar-refractivity contribution in [2.75, 3.05) is 6.54 Å². The van der Waals surface area contributed by atoms with Gasteiger partial charge in [0.25, 0.3) is 5.91 Å². The Balaban J connectivity index is 1.63. The lowest BCUT2D eigenvalue weighted by molar-refractivity contribution is 0.0943. The Labute approximate surface area is 146 Å². The molecule has 3 aromatic carbocycles. The maximum Gasteiger partial charge on any atom is 0.251 e. The van der Waals surface area contributed by atoms with Gasteiger partial charge in [0, 0.05) is 12.1 Å². The molecular formula is C21H18N2O2. The first kappa shape index (κ1) is 16.7. The van der Waals surface area contributed by atoms with Gasteiger partial charge in [-0.25, -0.2) is 0 Å². The first-order chi connectivity index (χ1) is 12.2. The van der Waals surface area contributed by atoms with Crippen LogP contribution in [0.25, 0.3) is 10.8 Å². The average Bonchev–Trinajstić information content (AvgIpc) is 2.67. The molecule has 0 spiro atoms. The van der Waals surface area contributed by atoms with E-state index in [1.807, 2.05) is 48.5 Å². The van der Waals surface area contributed by atoms with Crippen LogP contribution in [0.1, 0.15) is 34.0 Å². The molecule has 0 aromatic heterocycles. The monoisotopic (exact) mass is 330 g/mol. The van der Waals surface area contributed by atoms with E-state index >= 15 is 0 Å². The van der Waals surface area contributed by atoms with E-state index in [1.54, 1.807) is 24.3 Å².